The minimum Gasteiger partial charge on any atom is -0.274 e. The van der Waals surface area contributed by atoms with Crippen molar-refractivity contribution in [3.05, 3.63) is 41.9 Å². The zero-order chi connectivity index (χ0) is 18.3. The van der Waals surface area contributed by atoms with Gasteiger partial charge >= 0.3 is 6.18 Å². The molecule has 2 aromatic rings. The highest BCUT2D eigenvalue weighted by Gasteiger charge is 2.30. The first-order valence-corrected chi connectivity index (χ1v) is 8.23. The summed E-state index contributed by atoms with van der Waals surface area (Å²) in [6, 6.07) is 4.90. The number of aromatic nitrogens is 6. The van der Waals surface area contributed by atoms with Crippen LogP contribution in [0.5, 0.6) is 0 Å². The lowest BCUT2D eigenvalue weighted by Gasteiger charge is -2.06. The van der Waals surface area contributed by atoms with E-state index in [9.17, 15) is 13.2 Å². The van der Waals surface area contributed by atoms with E-state index in [0.29, 0.717) is 28.4 Å². The Labute approximate surface area is 146 Å². The number of nitrogens with one attached hydrogen (secondary N) is 1. The molecule has 0 saturated carbocycles. The molecule has 2 aliphatic rings. The lowest BCUT2D eigenvalue weighted by atomic mass is 10.1. The number of H-pyrrole nitrogens is 1. The number of hydrogen-bond acceptors (Lipinski definition) is 4. The molecule has 4 rings (SSSR count). The van der Waals surface area contributed by atoms with Crippen LogP contribution < -0.4 is 0 Å². The maximum absolute atomic E-state index is 12.8. The van der Waals surface area contributed by atoms with Crippen LogP contribution in [0.1, 0.15) is 31.2 Å². The zero-order valence-electron chi connectivity index (χ0n) is 13.9. The number of halogens is 3. The van der Waals surface area contributed by atoms with Gasteiger partial charge in [-0.1, -0.05) is 25.5 Å². The molecule has 0 radical (unpaired) electrons. The van der Waals surface area contributed by atoms with Crippen LogP contribution in [0.4, 0.5) is 13.2 Å². The molecule has 2 aliphatic heterocycles. The van der Waals surface area contributed by atoms with Crippen molar-refractivity contribution in [3.63, 3.8) is 0 Å². The largest absolute Gasteiger partial charge is 0.416 e. The predicted molar refractivity (Wildman–Crippen MR) is 88.6 cm³/mol. The summed E-state index contributed by atoms with van der Waals surface area (Å²) >= 11 is 0. The molecule has 3 heterocycles. The lowest BCUT2D eigenvalue weighted by Crippen LogP contribution is -2.05. The van der Waals surface area contributed by atoms with Gasteiger partial charge in [0.2, 0.25) is 0 Å². The molecule has 0 amide bonds. The van der Waals surface area contributed by atoms with E-state index in [0.717, 1.165) is 37.2 Å². The van der Waals surface area contributed by atoms with Crippen molar-refractivity contribution in [2.45, 2.75) is 32.4 Å². The summed E-state index contributed by atoms with van der Waals surface area (Å²) in [5, 5.41) is 11.0. The van der Waals surface area contributed by atoms with E-state index in [1.165, 1.54) is 12.1 Å². The fourth-order valence-corrected chi connectivity index (χ4v) is 2.82. The first-order valence-electron chi connectivity index (χ1n) is 8.23. The molecule has 0 spiro atoms. The van der Waals surface area contributed by atoms with E-state index in [1.54, 1.807) is 10.7 Å². The Bertz CT molecular complexity index is 1020. The average Bonchev–Trinajstić information content (AvgIpc) is 3.25. The van der Waals surface area contributed by atoms with Crippen molar-refractivity contribution in [1.29, 1.82) is 0 Å². The Hall–Kier alpha value is -2.97. The van der Waals surface area contributed by atoms with Crippen molar-refractivity contribution in [2.24, 2.45) is 0 Å². The van der Waals surface area contributed by atoms with E-state index in [4.69, 9.17) is 0 Å². The third-order valence-electron chi connectivity index (χ3n) is 4.20. The van der Waals surface area contributed by atoms with Gasteiger partial charge in [0.15, 0.2) is 17.3 Å². The highest BCUT2D eigenvalue weighted by Crippen LogP contribution is 2.31. The second kappa shape index (κ2) is 6.08. The van der Waals surface area contributed by atoms with Crippen LogP contribution in [-0.4, -0.2) is 29.8 Å². The first-order chi connectivity index (χ1) is 12.5. The minimum atomic E-state index is -4.36. The van der Waals surface area contributed by atoms with Gasteiger partial charge in [0.25, 0.3) is 0 Å². The average molecular weight is 360 g/mol. The van der Waals surface area contributed by atoms with E-state index in [1.807, 2.05) is 0 Å². The lowest BCUT2D eigenvalue weighted by molar-refractivity contribution is -0.137. The molecule has 6 nitrogen and oxygen atoms in total. The van der Waals surface area contributed by atoms with Crippen molar-refractivity contribution >= 4 is 5.65 Å². The molecule has 0 saturated heterocycles. The molecule has 0 fully saturated rings. The molecule has 0 aliphatic carbocycles. The van der Waals surface area contributed by atoms with Crippen LogP contribution in [0.3, 0.4) is 0 Å². The normalized spacial score (nSPS) is 12.3. The summed E-state index contributed by atoms with van der Waals surface area (Å²) in [5.74, 6) is 1.74. The van der Waals surface area contributed by atoms with Gasteiger partial charge < -0.3 is 0 Å². The third-order valence-corrected chi connectivity index (χ3v) is 4.20. The molecule has 0 atom stereocenters. The number of nitrogens with zero attached hydrogens (tertiary/aromatic N) is 5. The Balaban J connectivity index is 1.82. The molecule has 9 heteroatoms. The van der Waals surface area contributed by atoms with Gasteiger partial charge in [-0.25, -0.2) is 14.5 Å². The van der Waals surface area contributed by atoms with Crippen molar-refractivity contribution in [1.82, 2.24) is 29.8 Å². The predicted octanol–water partition coefficient (Wildman–Crippen LogP) is 3.98. The Morgan fingerprint density at radius 3 is 2.58 bits per heavy atom. The van der Waals surface area contributed by atoms with Gasteiger partial charge in [0.05, 0.1) is 17.3 Å². The smallest absolute Gasteiger partial charge is 0.274 e. The highest BCUT2D eigenvalue weighted by atomic mass is 19.4. The fraction of sp³-hybridized carbons (Fsp3) is 0.294. The summed E-state index contributed by atoms with van der Waals surface area (Å²) in [5.41, 5.74) is 1.17. The monoisotopic (exact) mass is 360 g/mol. The Morgan fingerprint density at radius 2 is 1.88 bits per heavy atom. The summed E-state index contributed by atoms with van der Waals surface area (Å²) in [7, 11) is 0. The van der Waals surface area contributed by atoms with Gasteiger partial charge in [-0.05, 0) is 18.6 Å². The number of rotatable bonds is 4. The highest BCUT2D eigenvalue weighted by molar-refractivity contribution is 5.74. The molecule has 0 unspecified atom stereocenters. The summed E-state index contributed by atoms with van der Waals surface area (Å²) < 4.78 is 40.0. The SMILES string of the molecule is CCCCc1nc2nncc-2c2nc(-c3ccc(C(F)(F)F)cc3)[nH]n12. The molecule has 26 heavy (non-hydrogen) atoms. The van der Waals surface area contributed by atoms with Gasteiger partial charge in [0, 0.05) is 12.0 Å². The maximum atomic E-state index is 12.8. The molecule has 1 aromatic carbocycles. The van der Waals surface area contributed by atoms with Crippen LogP contribution in [-0.2, 0) is 12.6 Å². The first kappa shape index (κ1) is 16.5. The molecule has 1 aromatic heterocycles. The minimum absolute atomic E-state index is 0.465. The van der Waals surface area contributed by atoms with Crippen molar-refractivity contribution < 1.29 is 13.2 Å². The van der Waals surface area contributed by atoms with Gasteiger partial charge in [-0.15, -0.1) is 5.10 Å². The number of aryl methyl sites for hydroxylation is 1. The molecule has 134 valence electrons. The van der Waals surface area contributed by atoms with E-state index in [2.05, 4.69) is 32.2 Å². The van der Waals surface area contributed by atoms with Crippen molar-refractivity contribution in [2.75, 3.05) is 0 Å². The summed E-state index contributed by atoms with van der Waals surface area (Å²) in [4.78, 5) is 9.07. The van der Waals surface area contributed by atoms with E-state index >= 15 is 0 Å². The number of hydrogen-bond donors (Lipinski definition) is 1. The molecular formula is C17H15F3N6. The third kappa shape index (κ3) is 2.79. The van der Waals surface area contributed by atoms with Crippen LogP contribution in [0.2, 0.25) is 0 Å². The van der Waals surface area contributed by atoms with Gasteiger partial charge in [0.1, 0.15) is 5.82 Å². The number of alkyl halides is 3. The zero-order valence-corrected chi connectivity index (χ0v) is 13.9. The number of benzene rings is 1. The Morgan fingerprint density at radius 1 is 1.12 bits per heavy atom. The van der Waals surface area contributed by atoms with Crippen LogP contribution in [0, 0.1) is 0 Å². The van der Waals surface area contributed by atoms with Crippen LogP contribution >= 0.6 is 0 Å². The maximum Gasteiger partial charge on any atom is 0.416 e. The number of aromatic amines is 1. The van der Waals surface area contributed by atoms with Crippen LogP contribution in [0.15, 0.2) is 30.5 Å². The van der Waals surface area contributed by atoms with Gasteiger partial charge in [-0.2, -0.15) is 18.3 Å². The second-order valence-corrected chi connectivity index (χ2v) is 6.02. The van der Waals surface area contributed by atoms with Crippen LogP contribution in [0.25, 0.3) is 28.4 Å². The number of unbranched alkanes of at least 4 members (excludes halogenated alkanes) is 1. The number of fused-ring (bicyclic) bond motifs is 3. The Kier molecular flexibility index (Phi) is 3.86. The van der Waals surface area contributed by atoms with Gasteiger partial charge in [-0.3, -0.25) is 5.10 Å². The summed E-state index contributed by atoms with van der Waals surface area (Å²) in [6.07, 6.45) is -0.0946. The molecule has 0 bridgehead atoms. The standard InChI is InChI=1S/C17H15F3N6/c1-2-3-4-13-22-15-12(9-21-24-15)16-23-14(25-26(13)16)10-5-7-11(8-6-10)17(18,19)20/h5-9H,2-4H2,1H3,(H,23,25). The molecular weight excluding hydrogens is 345 g/mol. The van der Waals surface area contributed by atoms with Crippen molar-refractivity contribution in [3.8, 4) is 22.8 Å². The fourth-order valence-electron chi connectivity index (χ4n) is 2.82. The second-order valence-electron chi connectivity index (χ2n) is 6.02. The van der Waals surface area contributed by atoms with E-state index in [-0.39, 0.29) is 0 Å². The molecule has 1 N–H and O–H groups in total. The quantitative estimate of drug-likeness (QED) is 0.597. The van der Waals surface area contributed by atoms with E-state index < -0.39 is 11.7 Å². The summed E-state index contributed by atoms with van der Waals surface area (Å²) in [6.45, 7) is 2.09. The topological polar surface area (TPSA) is 71.8 Å².